The van der Waals surface area contributed by atoms with Crippen LogP contribution < -0.4 is 5.32 Å². The van der Waals surface area contributed by atoms with E-state index in [0.717, 1.165) is 30.6 Å². The van der Waals surface area contributed by atoms with Crippen LogP contribution in [0.5, 0.6) is 0 Å². The van der Waals surface area contributed by atoms with Crippen LogP contribution in [0.4, 0.5) is 0 Å². The number of nitrogens with zero attached hydrogens (tertiary/aromatic N) is 2. The lowest BCUT2D eigenvalue weighted by Crippen LogP contribution is -2.28. The molecule has 0 saturated carbocycles. The first-order chi connectivity index (χ1) is 8.43. The standard InChI is InChI=1S/C11H17N3OS2/c1-2-8(6-12-3-1)11-13-10(14-15-11)9-7-16-4-5-17-9/h8-9,12H,1-7H2. The molecule has 3 rings (SSSR count). The van der Waals surface area contributed by atoms with Crippen LogP contribution in [-0.4, -0.2) is 40.5 Å². The molecule has 2 atom stereocenters. The molecule has 1 aromatic rings. The lowest BCUT2D eigenvalue weighted by Gasteiger charge is -2.19. The van der Waals surface area contributed by atoms with Gasteiger partial charge in [0.15, 0.2) is 5.82 Å². The van der Waals surface area contributed by atoms with Gasteiger partial charge < -0.3 is 9.84 Å². The molecule has 2 fully saturated rings. The maximum atomic E-state index is 5.43. The highest BCUT2D eigenvalue weighted by Crippen LogP contribution is 2.35. The quantitative estimate of drug-likeness (QED) is 0.888. The zero-order chi connectivity index (χ0) is 11.5. The van der Waals surface area contributed by atoms with Gasteiger partial charge in [0.2, 0.25) is 5.89 Å². The first-order valence-electron chi connectivity index (χ1n) is 6.17. The highest BCUT2D eigenvalue weighted by atomic mass is 32.2. The molecule has 6 heteroatoms. The number of aromatic nitrogens is 2. The summed E-state index contributed by atoms with van der Waals surface area (Å²) in [7, 11) is 0. The van der Waals surface area contributed by atoms with Gasteiger partial charge in [-0.25, -0.2) is 0 Å². The molecular weight excluding hydrogens is 254 g/mol. The Morgan fingerprint density at radius 3 is 3.12 bits per heavy atom. The summed E-state index contributed by atoms with van der Waals surface area (Å²) in [4.78, 5) is 4.61. The number of piperidine rings is 1. The van der Waals surface area contributed by atoms with Crippen molar-refractivity contribution in [1.29, 1.82) is 0 Å². The maximum Gasteiger partial charge on any atom is 0.231 e. The lowest BCUT2D eigenvalue weighted by molar-refractivity contribution is 0.320. The summed E-state index contributed by atoms with van der Waals surface area (Å²) in [5, 5.41) is 7.99. The molecule has 1 aromatic heterocycles. The summed E-state index contributed by atoms with van der Waals surface area (Å²) >= 11 is 3.94. The fourth-order valence-corrected chi connectivity index (χ4v) is 4.83. The molecule has 0 bridgehead atoms. The molecule has 4 nitrogen and oxygen atoms in total. The Bertz CT molecular complexity index is 327. The Morgan fingerprint density at radius 2 is 2.35 bits per heavy atom. The minimum absolute atomic E-state index is 0.422. The molecule has 2 aliphatic rings. The minimum Gasteiger partial charge on any atom is -0.339 e. The van der Waals surface area contributed by atoms with Gasteiger partial charge in [-0.05, 0) is 19.4 Å². The third kappa shape index (κ3) is 2.80. The zero-order valence-corrected chi connectivity index (χ0v) is 11.4. The second-order valence-electron chi connectivity index (χ2n) is 4.47. The van der Waals surface area contributed by atoms with Gasteiger partial charge in [0.25, 0.3) is 0 Å². The molecule has 0 aromatic carbocycles. The summed E-state index contributed by atoms with van der Waals surface area (Å²) in [6.07, 6.45) is 2.37. The van der Waals surface area contributed by atoms with Crippen molar-refractivity contribution in [2.24, 2.45) is 0 Å². The molecule has 2 unspecified atom stereocenters. The Kier molecular flexibility index (Phi) is 3.93. The van der Waals surface area contributed by atoms with E-state index in [2.05, 4.69) is 15.5 Å². The number of hydrogen-bond donors (Lipinski definition) is 1. The monoisotopic (exact) mass is 271 g/mol. The van der Waals surface area contributed by atoms with E-state index in [9.17, 15) is 0 Å². The molecule has 0 spiro atoms. The van der Waals surface area contributed by atoms with Gasteiger partial charge in [0.05, 0.1) is 11.2 Å². The Morgan fingerprint density at radius 1 is 1.35 bits per heavy atom. The second-order valence-corrected chi connectivity index (χ2v) is 6.93. The van der Waals surface area contributed by atoms with Crippen molar-refractivity contribution in [2.75, 3.05) is 30.3 Å². The summed E-state index contributed by atoms with van der Waals surface area (Å²) in [6, 6.07) is 0. The normalized spacial score (nSPS) is 30.4. The van der Waals surface area contributed by atoms with Crippen molar-refractivity contribution in [3.05, 3.63) is 11.7 Å². The Hall–Kier alpha value is -0.200. The molecule has 0 aliphatic carbocycles. The van der Waals surface area contributed by atoms with Crippen molar-refractivity contribution in [1.82, 2.24) is 15.5 Å². The van der Waals surface area contributed by atoms with Crippen LogP contribution in [0.3, 0.4) is 0 Å². The van der Waals surface area contributed by atoms with E-state index < -0.39 is 0 Å². The van der Waals surface area contributed by atoms with Crippen LogP contribution in [0.15, 0.2) is 4.52 Å². The number of nitrogens with one attached hydrogen (secondary N) is 1. The van der Waals surface area contributed by atoms with Crippen molar-refractivity contribution in [3.63, 3.8) is 0 Å². The fraction of sp³-hybridized carbons (Fsp3) is 0.818. The summed E-state index contributed by atoms with van der Waals surface area (Å²) in [5.74, 6) is 5.73. The second kappa shape index (κ2) is 5.63. The van der Waals surface area contributed by atoms with Crippen LogP contribution in [0.25, 0.3) is 0 Å². The van der Waals surface area contributed by atoms with Crippen molar-refractivity contribution >= 4 is 23.5 Å². The third-order valence-electron chi connectivity index (χ3n) is 3.21. The molecule has 17 heavy (non-hydrogen) atoms. The van der Waals surface area contributed by atoms with E-state index in [0.29, 0.717) is 11.2 Å². The number of hydrogen-bond acceptors (Lipinski definition) is 6. The number of thioether (sulfide) groups is 2. The van der Waals surface area contributed by atoms with E-state index in [4.69, 9.17) is 4.52 Å². The smallest absolute Gasteiger partial charge is 0.231 e. The van der Waals surface area contributed by atoms with E-state index in [1.807, 2.05) is 23.5 Å². The van der Waals surface area contributed by atoms with E-state index in [1.165, 1.54) is 24.3 Å². The van der Waals surface area contributed by atoms with Gasteiger partial charge in [-0.3, -0.25) is 0 Å². The topological polar surface area (TPSA) is 51.0 Å². The highest BCUT2D eigenvalue weighted by molar-refractivity contribution is 8.06. The molecule has 0 radical (unpaired) electrons. The predicted molar refractivity (Wildman–Crippen MR) is 71.7 cm³/mol. The molecule has 0 amide bonds. The average molecular weight is 271 g/mol. The first-order valence-corrected chi connectivity index (χ1v) is 8.37. The van der Waals surface area contributed by atoms with Crippen molar-refractivity contribution in [3.8, 4) is 0 Å². The molecular formula is C11H17N3OS2. The van der Waals surface area contributed by atoms with Gasteiger partial charge in [-0.15, -0.1) is 11.8 Å². The van der Waals surface area contributed by atoms with Gasteiger partial charge in [0.1, 0.15) is 0 Å². The Labute approximate surface area is 110 Å². The average Bonchev–Trinajstić information content (AvgIpc) is 2.90. The van der Waals surface area contributed by atoms with Crippen LogP contribution in [-0.2, 0) is 0 Å². The fourth-order valence-electron chi connectivity index (χ4n) is 2.24. The van der Waals surface area contributed by atoms with Crippen LogP contribution >= 0.6 is 23.5 Å². The van der Waals surface area contributed by atoms with Crippen LogP contribution in [0.2, 0.25) is 0 Å². The molecule has 3 heterocycles. The van der Waals surface area contributed by atoms with Gasteiger partial charge in [0, 0.05) is 23.8 Å². The van der Waals surface area contributed by atoms with E-state index in [-0.39, 0.29) is 0 Å². The molecule has 2 aliphatic heterocycles. The van der Waals surface area contributed by atoms with E-state index >= 15 is 0 Å². The number of rotatable bonds is 2. The van der Waals surface area contributed by atoms with Crippen molar-refractivity contribution < 1.29 is 4.52 Å². The molecule has 1 N–H and O–H groups in total. The molecule has 2 saturated heterocycles. The van der Waals surface area contributed by atoms with E-state index in [1.54, 1.807) is 0 Å². The molecule has 94 valence electrons. The summed E-state index contributed by atoms with van der Waals surface area (Å²) in [5.41, 5.74) is 0. The zero-order valence-electron chi connectivity index (χ0n) is 9.72. The summed E-state index contributed by atoms with van der Waals surface area (Å²) in [6.45, 7) is 2.10. The SMILES string of the molecule is C1CNCC(c2nc(C3CSCCS3)no2)C1. The van der Waals surface area contributed by atoms with Gasteiger partial charge in [-0.1, -0.05) is 5.16 Å². The first kappa shape index (κ1) is 11.9. The van der Waals surface area contributed by atoms with Crippen molar-refractivity contribution in [2.45, 2.75) is 24.0 Å². The minimum atomic E-state index is 0.422. The van der Waals surface area contributed by atoms with Crippen LogP contribution in [0.1, 0.15) is 35.7 Å². The highest BCUT2D eigenvalue weighted by Gasteiger charge is 2.25. The van der Waals surface area contributed by atoms with Crippen LogP contribution in [0, 0.1) is 0 Å². The lowest BCUT2D eigenvalue weighted by atomic mass is 10.00. The maximum absolute atomic E-state index is 5.43. The van der Waals surface area contributed by atoms with Gasteiger partial charge in [-0.2, -0.15) is 16.7 Å². The van der Waals surface area contributed by atoms with Gasteiger partial charge >= 0.3 is 0 Å². The Balaban J connectivity index is 1.68. The third-order valence-corrected chi connectivity index (χ3v) is 5.96. The largest absolute Gasteiger partial charge is 0.339 e. The summed E-state index contributed by atoms with van der Waals surface area (Å²) < 4.78 is 5.43. The predicted octanol–water partition coefficient (Wildman–Crippen LogP) is 2.06.